The Morgan fingerprint density at radius 2 is 2.00 bits per heavy atom. The van der Waals surface area contributed by atoms with Crippen molar-refractivity contribution >= 4 is 5.97 Å². The third-order valence-corrected chi connectivity index (χ3v) is 2.22. The van der Waals surface area contributed by atoms with Crippen LogP contribution in [0.25, 0.3) is 11.3 Å². The molecule has 86 valence electrons. The van der Waals surface area contributed by atoms with E-state index in [9.17, 15) is 13.6 Å². The van der Waals surface area contributed by atoms with Gasteiger partial charge in [0, 0.05) is 17.8 Å². The molecule has 17 heavy (non-hydrogen) atoms. The van der Waals surface area contributed by atoms with Crippen LogP contribution in [0.2, 0.25) is 0 Å². The number of aromatic carboxylic acids is 1. The Morgan fingerprint density at radius 1 is 1.24 bits per heavy atom. The molecule has 0 fully saturated rings. The molecule has 0 bridgehead atoms. The van der Waals surface area contributed by atoms with E-state index in [2.05, 4.69) is 4.98 Å². The third-order valence-electron chi connectivity index (χ3n) is 2.22. The molecular formula is C12H7F2NO2. The minimum Gasteiger partial charge on any atom is -0.478 e. The second kappa shape index (κ2) is 4.29. The van der Waals surface area contributed by atoms with E-state index in [0.29, 0.717) is 6.07 Å². The van der Waals surface area contributed by atoms with Gasteiger partial charge in [-0.3, -0.25) is 4.98 Å². The smallest absolute Gasteiger partial charge is 0.337 e. The molecule has 0 saturated carbocycles. The van der Waals surface area contributed by atoms with Gasteiger partial charge in [0.1, 0.15) is 11.6 Å². The normalized spacial score (nSPS) is 10.2. The Labute approximate surface area is 95.4 Å². The second-order valence-electron chi connectivity index (χ2n) is 3.33. The van der Waals surface area contributed by atoms with E-state index in [4.69, 9.17) is 5.11 Å². The lowest BCUT2D eigenvalue weighted by Gasteiger charge is -2.05. The molecule has 0 saturated heterocycles. The summed E-state index contributed by atoms with van der Waals surface area (Å²) in [5.41, 5.74) is -0.181. The van der Waals surface area contributed by atoms with Crippen LogP contribution in [-0.2, 0) is 0 Å². The number of carbonyl (C=O) groups is 1. The highest BCUT2D eigenvalue weighted by atomic mass is 19.1. The van der Waals surface area contributed by atoms with Gasteiger partial charge in [0.15, 0.2) is 0 Å². The van der Waals surface area contributed by atoms with Crippen LogP contribution < -0.4 is 0 Å². The van der Waals surface area contributed by atoms with Gasteiger partial charge in [-0.05, 0) is 24.3 Å². The number of hydrogen-bond acceptors (Lipinski definition) is 2. The molecular weight excluding hydrogens is 228 g/mol. The zero-order chi connectivity index (χ0) is 12.4. The number of pyridine rings is 1. The molecule has 0 atom stereocenters. The summed E-state index contributed by atoms with van der Waals surface area (Å²) in [5.74, 6) is -2.78. The molecule has 1 aromatic carbocycles. The number of nitrogens with zero attached hydrogens (tertiary/aromatic N) is 1. The van der Waals surface area contributed by atoms with Crippen LogP contribution in [0.5, 0.6) is 0 Å². The second-order valence-corrected chi connectivity index (χ2v) is 3.33. The Morgan fingerprint density at radius 3 is 2.65 bits per heavy atom. The van der Waals surface area contributed by atoms with Crippen molar-refractivity contribution in [3.63, 3.8) is 0 Å². The van der Waals surface area contributed by atoms with Gasteiger partial charge in [-0.15, -0.1) is 0 Å². The summed E-state index contributed by atoms with van der Waals surface area (Å²) in [4.78, 5) is 14.8. The number of carboxylic acid groups (broad SMARTS) is 1. The molecule has 0 radical (unpaired) electrons. The first kappa shape index (κ1) is 11.2. The minimum absolute atomic E-state index is 0.0162. The molecule has 1 N–H and O–H groups in total. The molecule has 0 spiro atoms. The third kappa shape index (κ3) is 2.13. The van der Waals surface area contributed by atoms with Crippen molar-refractivity contribution in [3.8, 4) is 11.3 Å². The van der Waals surface area contributed by atoms with Crippen LogP contribution in [0.4, 0.5) is 8.78 Å². The van der Waals surface area contributed by atoms with E-state index in [1.165, 1.54) is 24.4 Å². The van der Waals surface area contributed by atoms with Crippen molar-refractivity contribution in [2.75, 3.05) is 0 Å². The fourth-order valence-electron chi connectivity index (χ4n) is 1.47. The van der Waals surface area contributed by atoms with Crippen LogP contribution in [0.3, 0.4) is 0 Å². The predicted octanol–water partition coefficient (Wildman–Crippen LogP) is 2.73. The monoisotopic (exact) mass is 235 g/mol. The molecule has 0 amide bonds. The van der Waals surface area contributed by atoms with Crippen molar-refractivity contribution in [2.24, 2.45) is 0 Å². The average Bonchev–Trinajstić information content (AvgIpc) is 2.29. The van der Waals surface area contributed by atoms with Crippen LogP contribution >= 0.6 is 0 Å². The summed E-state index contributed by atoms with van der Waals surface area (Å²) in [6.45, 7) is 0. The van der Waals surface area contributed by atoms with Gasteiger partial charge in [0.2, 0.25) is 0 Å². The van der Waals surface area contributed by atoms with E-state index in [0.717, 1.165) is 6.07 Å². The Balaban J connectivity index is 2.64. The van der Waals surface area contributed by atoms with Gasteiger partial charge in [0.25, 0.3) is 0 Å². The lowest BCUT2D eigenvalue weighted by Crippen LogP contribution is -2.02. The average molecular weight is 235 g/mol. The molecule has 0 unspecified atom stereocenters. The van der Waals surface area contributed by atoms with Gasteiger partial charge in [-0.2, -0.15) is 0 Å². The van der Waals surface area contributed by atoms with Gasteiger partial charge < -0.3 is 5.11 Å². The van der Waals surface area contributed by atoms with Crippen LogP contribution in [-0.4, -0.2) is 16.1 Å². The first-order chi connectivity index (χ1) is 8.09. The maximum atomic E-state index is 13.5. The summed E-state index contributed by atoms with van der Waals surface area (Å²) >= 11 is 0. The number of halogens is 2. The van der Waals surface area contributed by atoms with Crippen LogP contribution in [0.1, 0.15) is 10.4 Å². The SMILES string of the molecule is O=C(O)c1cccnc1-c1ccc(F)cc1F. The Hall–Kier alpha value is -2.30. The van der Waals surface area contributed by atoms with E-state index in [1.54, 1.807) is 0 Å². The lowest BCUT2D eigenvalue weighted by molar-refractivity contribution is 0.0697. The largest absolute Gasteiger partial charge is 0.478 e. The molecule has 3 nitrogen and oxygen atoms in total. The van der Waals surface area contributed by atoms with Crippen LogP contribution in [0, 0.1) is 11.6 Å². The Bertz CT molecular complexity index is 584. The topological polar surface area (TPSA) is 50.2 Å². The zero-order valence-electron chi connectivity index (χ0n) is 8.52. The first-order valence-electron chi connectivity index (χ1n) is 4.73. The van der Waals surface area contributed by atoms with E-state index in [1.807, 2.05) is 0 Å². The molecule has 1 heterocycles. The molecule has 1 aromatic heterocycles. The highest BCUT2D eigenvalue weighted by Gasteiger charge is 2.15. The summed E-state index contributed by atoms with van der Waals surface area (Å²) < 4.78 is 26.3. The summed E-state index contributed by atoms with van der Waals surface area (Å²) in [6, 6.07) is 5.66. The van der Waals surface area contributed by atoms with Gasteiger partial charge in [-0.1, -0.05) is 0 Å². The molecule has 0 aliphatic rings. The van der Waals surface area contributed by atoms with Crippen LogP contribution in [0.15, 0.2) is 36.5 Å². The predicted molar refractivity (Wildman–Crippen MR) is 56.5 cm³/mol. The van der Waals surface area contributed by atoms with Gasteiger partial charge in [-0.25, -0.2) is 13.6 Å². The maximum Gasteiger partial charge on any atom is 0.337 e. The molecule has 0 aliphatic heterocycles. The summed E-state index contributed by atoms with van der Waals surface area (Å²) in [5, 5.41) is 8.94. The molecule has 5 heteroatoms. The number of benzene rings is 1. The molecule has 0 aliphatic carbocycles. The number of rotatable bonds is 2. The van der Waals surface area contributed by atoms with Gasteiger partial charge >= 0.3 is 5.97 Å². The molecule has 2 rings (SSSR count). The number of aromatic nitrogens is 1. The highest BCUT2D eigenvalue weighted by Crippen LogP contribution is 2.24. The van der Waals surface area contributed by atoms with Gasteiger partial charge in [0.05, 0.1) is 11.3 Å². The quantitative estimate of drug-likeness (QED) is 0.870. The highest BCUT2D eigenvalue weighted by molar-refractivity contribution is 5.94. The van der Waals surface area contributed by atoms with Crippen molar-refractivity contribution in [3.05, 3.63) is 53.7 Å². The fourth-order valence-corrected chi connectivity index (χ4v) is 1.47. The minimum atomic E-state index is -1.21. The summed E-state index contributed by atoms with van der Waals surface area (Å²) in [7, 11) is 0. The fraction of sp³-hybridized carbons (Fsp3) is 0. The zero-order valence-corrected chi connectivity index (χ0v) is 8.52. The summed E-state index contributed by atoms with van der Waals surface area (Å²) in [6.07, 6.45) is 1.35. The van der Waals surface area contributed by atoms with E-state index < -0.39 is 17.6 Å². The van der Waals surface area contributed by atoms with Crippen molar-refractivity contribution in [1.29, 1.82) is 0 Å². The number of carboxylic acids is 1. The lowest BCUT2D eigenvalue weighted by atomic mass is 10.1. The van der Waals surface area contributed by atoms with Crippen molar-refractivity contribution < 1.29 is 18.7 Å². The number of hydrogen-bond donors (Lipinski definition) is 1. The first-order valence-corrected chi connectivity index (χ1v) is 4.73. The van der Waals surface area contributed by atoms with Crippen molar-refractivity contribution in [1.82, 2.24) is 4.98 Å². The van der Waals surface area contributed by atoms with Crippen molar-refractivity contribution in [2.45, 2.75) is 0 Å². The van der Waals surface area contributed by atoms with E-state index in [-0.39, 0.29) is 16.8 Å². The molecule has 2 aromatic rings. The standard InChI is InChI=1S/C12H7F2NO2/c13-7-3-4-8(10(14)6-7)11-9(12(16)17)2-1-5-15-11/h1-6H,(H,16,17). The maximum absolute atomic E-state index is 13.5. The van der Waals surface area contributed by atoms with E-state index >= 15 is 0 Å². The Kier molecular flexibility index (Phi) is 2.82.